The van der Waals surface area contributed by atoms with Crippen LogP contribution in [0.5, 0.6) is 0 Å². The molecule has 3 heteroatoms. The maximum Gasteiger partial charge on any atom is 0.503 e. The van der Waals surface area contributed by atoms with Crippen molar-refractivity contribution in [1.82, 2.24) is 0 Å². The van der Waals surface area contributed by atoms with Crippen molar-refractivity contribution >= 4 is 6.16 Å². The lowest BCUT2D eigenvalue weighted by molar-refractivity contribution is 0.137. The Morgan fingerprint density at radius 1 is 0.895 bits per heavy atom. The van der Waals surface area contributed by atoms with E-state index in [0.29, 0.717) is 0 Å². The Bertz CT molecular complexity index is 236. The minimum atomic E-state index is -1.83. The van der Waals surface area contributed by atoms with E-state index in [1.807, 2.05) is 0 Å². The van der Waals surface area contributed by atoms with Gasteiger partial charge in [-0.25, -0.2) is 4.79 Å². The monoisotopic (exact) mass is 270 g/mol. The molecule has 0 bridgehead atoms. The zero-order valence-electron chi connectivity index (χ0n) is 12.3. The average molecular weight is 270 g/mol. The molecule has 0 heterocycles. The van der Waals surface area contributed by atoms with E-state index >= 15 is 0 Å². The fourth-order valence-corrected chi connectivity index (χ4v) is 3.70. The summed E-state index contributed by atoms with van der Waals surface area (Å²) in [6.07, 6.45) is 15.0. The van der Waals surface area contributed by atoms with Gasteiger partial charge in [-0.3, -0.25) is 0 Å². The van der Waals surface area contributed by atoms with Crippen molar-refractivity contribution in [3.8, 4) is 0 Å². The van der Waals surface area contributed by atoms with Crippen LogP contribution in [0.15, 0.2) is 0 Å². The molecule has 2 fully saturated rings. The number of carboxylic acid groups (broad SMARTS) is 2. The van der Waals surface area contributed by atoms with Gasteiger partial charge in [-0.05, 0) is 30.6 Å². The van der Waals surface area contributed by atoms with Crippen molar-refractivity contribution in [1.29, 1.82) is 0 Å². The normalized spacial score (nSPS) is 27.0. The van der Waals surface area contributed by atoms with Gasteiger partial charge < -0.3 is 10.2 Å². The molecular weight excluding hydrogens is 240 g/mol. The molecule has 0 radical (unpaired) electrons. The molecule has 0 amide bonds. The SMILES string of the molecule is CCCC1CC(CCC2CCCCC2)C1.O=C(O)O. The third-order valence-corrected chi connectivity index (χ3v) is 4.74. The second-order valence-electron chi connectivity index (χ2n) is 6.36. The fraction of sp³-hybridized carbons (Fsp3) is 0.938. The Labute approximate surface area is 117 Å². The van der Waals surface area contributed by atoms with E-state index in [4.69, 9.17) is 15.0 Å². The van der Waals surface area contributed by atoms with Gasteiger partial charge in [-0.15, -0.1) is 0 Å². The highest BCUT2D eigenvalue weighted by molar-refractivity contribution is 5.53. The van der Waals surface area contributed by atoms with E-state index in [0.717, 1.165) is 17.8 Å². The molecule has 2 N–H and O–H groups in total. The van der Waals surface area contributed by atoms with Gasteiger partial charge in [0, 0.05) is 0 Å². The Balaban J connectivity index is 0.000000399. The standard InChI is InChI=1S/C15H28.CH2O3/c1-2-6-14-11-15(12-14)10-9-13-7-4-3-5-8-13;2-1(3)4/h13-15H,2-12H2,1H3;(H2,2,3,4). The molecular formula is C16H30O3. The molecule has 0 aromatic carbocycles. The molecule has 0 aliphatic heterocycles. The first-order chi connectivity index (χ1) is 9.11. The number of hydrogen-bond acceptors (Lipinski definition) is 1. The lowest BCUT2D eigenvalue weighted by Gasteiger charge is -2.36. The smallest absolute Gasteiger partial charge is 0.450 e. The van der Waals surface area contributed by atoms with E-state index in [1.54, 1.807) is 38.5 Å². The van der Waals surface area contributed by atoms with Crippen LogP contribution in [0.25, 0.3) is 0 Å². The molecule has 3 nitrogen and oxygen atoms in total. The third kappa shape index (κ3) is 7.44. The summed E-state index contributed by atoms with van der Waals surface area (Å²) in [6, 6.07) is 0. The molecule has 0 unspecified atom stereocenters. The first-order valence-electron chi connectivity index (χ1n) is 8.03. The summed E-state index contributed by atoms with van der Waals surface area (Å²) in [5.41, 5.74) is 0. The lowest BCUT2D eigenvalue weighted by atomic mass is 9.69. The molecule has 2 rings (SSSR count). The van der Waals surface area contributed by atoms with Gasteiger partial charge in [0.25, 0.3) is 0 Å². The minimum Gasteiger partial charge on any atom is -0.450 e. The molecule has 2 saturated carbocycles. The van der Waals surface area contributed by atoms with Crippen LogP contribution >= 0.6 is 0 Å². The maximum absolute atomic E-state index is 8.56. The van der Waals surface area contributed by atoms with Crippen molar-refractivity contribution in [2.24, 2.45) is 17.8 Å². The van der Waals surface area contributed by atoms with Crippen molar-refractivity contribution in [3.05, 3.63) is 0 Å². The summed E-state index contributed by atoms with van der Waals surface area (Å²) in [7, 11) is 0. The van der Waals surface area contributed by atoms with Crippen LogP contribution in [-0.4, -0.2) is 16.4 Å². The molecule has 0 saturated heterocycles. The maximum atomic E-state index is 8.56. The highest BCUT2D eigenvalue weighted by Gasteiger charge is 2.28. The quantitative estimate of drug-likeness (QED) is 0.703. The Kier molecular flexibility index (Phi) is 7.92. The Morgan fingerprint density at radius 3 is 1.89 bits per heavy atom. The van der Waals surface area contributed by atoms with Crippen LogP contribution in [0.3, 0.4) is 0 Å². The molecule has 0 aromatic rings. The predicted molar refractivity (Wildman–Crippen MR) is 77.6 cm³/mol. The molecule has 112 valence electrons. The zero-order valence-corrected chi connectivity index (χ0v) is 12.3. The summed E-state index contributed by atoms with van der Waals surface area (Å²) < 4.78 is 0. The largest absolute Gasteiger partial charge is 0.503 e. The van der Waals surface area contributed by atoms with E-state index in [1.165, 1.54) is 32.1 Å². The first-order valence-corrected chi connectivity index (χ1v) is 8.03. The van der Waals surface area contributed by atoms with Gasteiger partial charge in [-0.2, -0.15) is 0 Å². The van der Waals surface area contributed by atoms with Gasteiger partial charge in [0.05, 0.1) is 0 Å². The van der Waals surface area contributed by atoms with E-state index < -0.39 is 6.16 Å². The van der Waals surface area contributed by atoms with Crippen LogP contribution < -0.4 is 0 Å². The van der Waals surface area contributed by atoms with Crippen LogP contribution in [0.4, 0.5) is 4.79 Å². The second-order valence-corrected chi connectivity index (χ2v) is 6.36. The number of carbonyl (C=O) groups is 1. The molecule has 0 aromatic heterocycles. The third-order valence-electron chi connectivity index (χ3n) is 4.74. The molecule has 19 heavy (non-hydrogen) atoms. The van der Waals surface area contributed by atoms with Gasteiger partial charge in [0.2, 0.25) is 0 Å². The topological polar surface area (TPSA) is 57.5 Å². The molecule has 2 aliphatic rings. The number of rotatable bonds is 5. The number of hydrogen-bond donors (Lipinski definition) is 2. The van der Waals surface area contributed by atoms with Crippen LogP contribution in [-0.2, 0) is 0 Å². The lowest BCUT2D eigenvalue weighted by Crippen LogP contribution is -2.24. The van der Waals surface area contributed by atoms with Crippen molar-refractivity contribution in [2.45, 2.75) is 77.6 Å². The van der Waals surface area contributed by atoms with Gasteiger partial charge >= 0.3 is 6.16 Å². The minimum absolute atomic E-state index is 1.11. The molecule has 0 spiro atoms. The molecule has 0 atom stereocenters. The van der Waals surface area contributed by atoms with Crippen molar-refractivity contribution < 1.29 is 15.0 Å². The van der Waals surface area contributed by atoms with E-state index in [-0.39, 0.29) is 0 Å². The van der Waals surface area contributed by atoms with Crippen molar-refractivity contribution in [2.75, 3.05) is 0 Å². The summed E-state index contributed by atoms with van der Waals surface area (Å²) in [5, 5.41) is 13.9. The summed E-state index contributed by atoms with van der Waals surface area (Å²) in [4.78, 5) is 8.56. The Hall–Kier alpha value is -0.730. The summed E-state index contributed by atoms with van der Waals surface area (Å²) in [5.74, 6) is 3.36. The molecule has 2 aliphatic carbocycles. The highest BCUT2D eigenvalue weighted by Crippen LogP contribution is 2.41. The average Bonchev–Trinajstić information content (AvgIpc) is 2.32. The summed E-state index contributed by atoms with van der Waals surface area (Å²) in [6.45, 7) is 2.33. The highest BCUT2D eigenvalue weighted by atomic mass is 16.6. The van der Waals surface area contributed by atoms with E-state index in [9.17, 15) is 0 Å². The van der Waals surface area contributed by atoms with Crippen LogP contribution in [0, 0.1) is 17.8 Å². The predicted octanol–water partition coefficient (Wildman–Crippen LogP) is 5.40. The van der Waals surface area contributed by atoms with Gasteiger partial charge in [0.1, 0.15) is 0 Å². The Morgan fingerprint density at radius 2 is 1.37 bits per heavy atom. The first kappa shape index (κ1) is 16.3. The van der Waals surface area contributed by atoms with Crippen LogP contribution in [0.2, 0.25) is 0 Å². The van der Waals surface area contributed by atoms with Crippen LogP contribution in [0.1, 0.15) is 77.6 Å². The summed E-state index contributed by atoms with van der Waals surface area (Å²) >= 11 is 0. The second kappa shape index (κ2) is 9.22. The van der Waals surface area contributed by atoms with Crippen molar-refractivity contribution in [3.63, 3.8) is 0 Å². The van der Waals surface area contributed by atoms with E-state index in [2.05, 4.69) is 6.92 Å². The zero-order chi connectivity index (χ0) is 14.1. The van der Waals surface area contributed by atoms with Gasteiger partial charge in [0.15, 0.2) is 0 Å². The van der Waals surface area contributed by atoms with Gasteiger partial charge in [-0.1, -0.05) is 64.7 Å². The fourth-order valence-electron chi connectivity index (χ4n) is 3.70.